The summed E-state index contributed by atoms with van der Waals surface area (Å²) in [6.07, 6.45) is -0.289. The van der Waals surface area contributed by atoms with Crippen LogP contribution in [0.4, 0.5) is 0 Å². The number of nitrogens with two attached hydrogens (primary N) is 1. The summed E-state index contributed by atoms with van der Waals surface area (Å²) in [5.41, 5.74) is 5.70. The number of rotatable bonds is 5. The van der Waals surface area contributed by atoms with Crippen LogP contribution >= 0.6 is 0 Å². The molecule has 6 nitrogen and oxygen atoms in total. The third-order valence-electron chi connectivity index (χ3n) is 2.00. The van der Waals surface area contributed by atoms with Crippen LogP contribution in [0.5, 0.6) is 5.75 Å². The lowest BCUT2D eigenvalue weighted by atomic mass is 10.2. The smallest absolute Gasteiger partial charge is 0.253 e. The van der Waals surface area contributed by atoms with E-state index >= 15 is 0 Å². The van der Waals surface area contributed by atoms with Crippen LogP contribution in [0.15, 0.2) is 30.3 Å². The van der Waals surface area contributed by atoms with Crippen LogP contribution in [0.25, 0.3) is 0 Å². The zero-order valence-corrected chi connectivity index (χ0v) is 10.4. The Morgan fingerprint density at radius 3 is 2.35 bits per heavy atom. The van der Waals surface area contributed by atoms with Crippen LogP contribution in [0.2, 0.25) is 0 Å². The molecule has 4 N–H and O–H groups in total. The van der Waals surface area contributed by atoms with E-state index in [1.54, 1.807) is 30.3 Å². The molecule has 0 aromatic heterocycles. The molecule has 0 saturated heterocycles. The standard InChI is InChI=1S/C10H16N2O4S/c1-8(13)10(11,12-17(2,14)15)16-9-6-4-3-5-7-9/h3-8,12-13H,11H2,1-2H3. The minimum absolute atomic E-state index is 0.354. The van der Waals surface area contributed by atoms with Crippen LogP contribution in [0.1, 0.15) is 6.92 Å². The van der Waals surface area contributed by atoms with E-state index < -0.39 is 22.0 Å². The number of para-hydroxylation sites is 1. The van der Waals surface area contributed by atoms with Crippen LogP contribution in [-0.4, -0.2) is 31.7 Å². The molecule has 1 aromatic carbocycles. The van der Waals surface area contributed by atoms with Gasteiger partial charge in [0.05, 0.1) is 6.26 Å². The molecule has 2 unspecified atom stereocenters. The molecule has 2 atom stereocenters. The van der Waals surface area contributed by atoms with Crippen LogP contribution in [0, 0.1) is 0 Å². The Balaban J connectivity index is 2.94. The monoisotopic (exact) mass is 260 g/mol. The van der Waals surface area contributed by atoms with Crippen molar-refractivity contribution in [2.45, 2.75) is 18.9 Å². The Morgan fingerprint density at radius 1 is 1.41 bits per heavy atom. The summed E-state index contributed by atoms with van der Waals surface area (Å²) >= 11 is 0. The minimum atomic E-state index is -3.61. The highest BCUT2D eigenvalue weighted by Gasteiger charge is 2.36. The maximum absolute atomic E-state index is 11.2. The average Bonchev–Trinajstić information content (AvgIpc) is 2.15. The zero-order chi connectivity index (χ0) is 13.1. The molecule has 1 rings (SSSR count). The fourth-order valence-corrected chi connectivity index (χ4v) is 1.96. The Bertz CT molecular complexity index is 460. The number of sulfonamides is 1. The lowest BCUT2D eigenvalue weighted by Gasteiger charge is -2.32. The van der Waals surface area contributed by atoms with Gasteiger partial charge in [0.2, 0.25) is 10.0 Å². The van der Waals surface area contributed by atoms with E-state index in [2.05, 4.69) is 4.72 Å². The fraction of sp³-hybridized carbons (Fsp3) is 0.400. The molecule has 0 fully saturated rings. The van der Waals surface area contributed by atoms with Crippen LogP contribution in [0.3, 0.4) is 0 Å². The molecule has 96 valence electrons. The second-order valence-electron chi connectivity index (χ2n) is 3.76. The highest BCUT2D eigenvalue weighted by atomic mass is 32.2. The van der Waals surface area contributed by atoms with E-state index in [4.69, 9.17) is 10.5 Å². The van der Waals surface area contributed by atoms with Gasteiger partial charge in [0, 0.05) is 0 Å². The van der Waals surface area contributed by atoms with Crippen molar-refractivity contribution >= 4 is 10.0 Å². The third-order valence-corrected chi connectivity index (χ3v) is 2.69. The summed E-state index contributed by atoms with van der Waals surface area (Å²) in [5, 5.41) is 9.52. The van der Waals surface area contributed by atoms with E-state index in [1.165, 1.54) is 6.92 Å². The Kier molecular flexibility index (Phi) is 4.10. The minimum Gasteiger partial charge on any atom is -0.456 e. The predicted octanol–water partition coefficient (Wildman–Crippen LogP) is -0.392. The number of nitrogens with one attached hydrogen (secondary N) is 1. The highest BCUT2D eigenvalue weighted by molar-refractivity contribution is 7.88. The second kappa shape index (κ2) is 5.01. The molecule has 0 heterocycles. The van der Waals surface area contributed by atoms with Crippen molar-refractivity contribution < 1.29 is 18.3 Å². The molecule has 0 saturated carbocycles. The number of benzene rings is 1. The molecule has 0 amide bonds. The van der Waals surface area contributed by atoms with E-state index in [-0.39, 0.29) is 0 Å². The maximum Gasteiger partial charge on any atom is 0.253 e. The van der Waals surface area contributed by atoms with E-state index in [9.17, 15) is 13.5 Å². The Morgan fingerprint density at radius 2 is 1.94 bits per heavy atom. The summed E-state index contributed by atoms with van der Waals surface area (Å²) in [7, 11) is -3.61. The second-order valence-corrected chi connectivity index (χ2v) is 5.51. The topological polar surface area (TPSA) is 102 Å². The van der Waals surface area contributed by atoms with Gasteiger partial charge in [-0.05, 0) is 19.1 Å². The van der Waals surface area contributed by atoms with Crippen LogP contribution in [-0.2, 0) is 10.0 Å². The van der Waals surface area contributed by atoms with E-state index in [0.29, 0.717) is 5.75 Å². The van der Waals surface area contributed by atoms with Crippen LogP contribution < -0.4 is 15.2 Å². The zero-order valence-electron chi connectivity index (χ0n) is 9.62. The molecular formula is C10H16N2O4S. The van der Waals surface area contributed by atoms with Crippen molar-refractivity contribution in [2.75, 3.05) is 6.26 Å². The summed E-state index contributed by atoms with van der Waals surface area (Å²) in [6.45, 7) is 1.33. The Labute approximate surface area is 100 Å². The van der Waals surface area contributed by atoms with Crippen molar-refractivity contribution in [2.24, 2.45) is 5.73 Å². The molecule has 0 aliphatic rings. The number of aliphatic hydroxyl groups is 1. The van der Waals surface area contributed by atoms with Gasteiger partial charge in [-0.3, -0.25) is 5.73 Å². The first-order chi connectivity index (χ1) is 7.73. The van der Waals surface area contributed by atoms with Crippen molar-refractivity contribution in [3.8, 4) is 5.75 Å². The van der Waals surface area contributed by atoms with Crippen molar-refractivity contribution in [3.63, 3.8) is 0 Å². The molecular weight excluding hydrogens is 244 g/mol. The molecule has 7 heteroatoms. The van der Waals surface area contributed by atoms with Gasteiger partial charge in [-0.2, -0.15) is 4.72 Å². The molecule has 1 aromatic rings. The number of hydrogen-bond acceptors (Lipinski definition) is 5. The SMILES string of the molecule is CC(O)C(N)(NS(C)(=O)=O)Oc1ccccc1. The average molecular weight is 260 g/mol. The molecule has 0 radical (unpaired) electrons. The van der Waals surface area contributed by atoms with E-state index in [1.807, 2.05) is 0 Å². The van der Waals surface area contributed by atoms with Gasteiger partial charge < -0.3 is 9.84 Å². The normalized spacial score (nSPS) is 17.2. The van der Waals surface area contributed by atoms with E-state index in [0.717, 1.165) is 6.26 Å². The first-order valence-corrected chi connectivity index (χ1v) is 6.82. The Hall–Kier alpha value is -1.15. The largest absolute Gasteiger partial charge is 0.456 e. The summed E-state index contributed by atoms with van der Waals surface area (Å²) < 4.78 is 29.7. The number of aliphatic hydroxyl groups excluding tert-OH is 1. The quantitative estimate of drug-likeness (QED) is 0.626. The first kappa shape index (κ1) is 13.9. The van der Waals surface area contributed by atoms with Crippen molar-refractivity contribution in [3.05, 3.63) is 30.3 Å². The predicted molar refractivity (Wildman–Crippen MR) is 63.6 cm³/mol. The molecule has 0 bridgehead atoms. The number of ether oxygens (including phenoxy) is 1. The summed E-state index contributed by atoms with van der Waals surface area (Å²) in [5.74, 6) is -1.54. The van der Waals surface area contributed by atoms with Gasteiger partial charge in [0.1, 0.15) is 11.9 Å². The molecule has 0 aliphatic heterocycles. The lowest BCUT2D eigenvalue weighted by Crippen LogP contribution is -2.66. The van der Waals surface area contributed by atoms with Gasteiger partial charge in [-0.1, -0.05) is 18.2 Å². The molecule has 17 heavy (non-hydrogen) atoms. The fourth-order valence-electron chi connectivity index (χ4n) is 1.16. The third kappa shape index (κ3) is 4.31. The summed E-state index contributed by atoms with van der Waals surface area (Å²) in [6, 6.07) is 8.40. The van der Waals surface area contributed by atoms with Gasteiger partial charge in [0.15, 0.2) is 0 Å². The van der Waals surface area contributed by atoms with Crippen molar-refractivity contribution in [1.82, 2.24) is 4.72 Å². The lowest BCUT2D eigenvalue weighted by molar-refractivity contribution is -0.0491. The van der Waals surface area contributed by atoms with Gasteiger partial charge in [-0.15, -0.1) is 0 Å². The highest BCUT2D eigenvalue weighted by Crippen LogP contribution is 2.16. The number of hydrogen-bond donors (Lipinski definition) is 3. The summed E-state index contributed by atoms with van der Waals surface area (Å²) in [4.78, 5) is 0. The van der Waals surface area contributed by atoms with Gasteiger partial charge in [-0.25, -0.2) is 8.42 Å². The first-order valence-electron chi connectivity index (χ1n) is 4.93. The molecule has 0 spiro atoms. The molecule has 0 aliphatic carbocycles. The van der Waals surface area contributed by atoms with Crippen molar-refractivity contribution in [1.29, 1.82) is 0 Å². The van der Waals surface area contributed by atoms with Gasteiger partial charge >= 0.3 is 0 Å². The maximum atomic E-state index is 11.2. The van der Waals surface area contributed by atoms with Gasteiger partial charge in [0.25, 0.3) is 5.85 Å².